The second-order valence-electron chi connectivity index (χ2n) is 3.20. The molecule has 0 aliphatic heterocycles. The van der Waals surface area contributed by atoms with E-state index in [2.05, 4.69) is 5.32 Å². The van der Waals surface area contributed by atoms with E-state index in [9.17, 15) is 10.2 Å². The fourth-order valence-corrected chi connectivity index (χ4v) is 1.33. The number of benzene rings is 1. The lowest BCUT2D eigenvalue weighted by molar-refractivity contribution is 0.449. The zero-order chi connectivity index (χ0) is 10.7. The summed E-state index contributed by atoms with van der Waals surface area (Å²) in [5.41, 5.74) is 6.84. The van der Waals surface area contributed by atoms with E-state index in [1.807, 2.05) is 6.92 Å². The molecule has 0 bridgehead atoms. The smallest absolute Gasteiger partial charge is 0.143 e. The van der Waals surface area contributed by atoms with Crippen LogP contribution in [0.15, 0.2) is 12.1 Å². The molecule has 14 heavy (non-hydrogen) atoms. The predicted molar refractivity (Wildman–Crippen MR) is 56.5 cm³/mol. The number of hydrogen-bond acceptors (Lipinski definition) is 4. The lowest BCUT2D eigenvalue weighted by atomic mass is 10.0. The van der Waals surface area contributed by atoms with Crippen LogP contribution in [0.1, 0.15) is 24.9 Å². The Balaban J connectivity index is 3.21. The fourth-order valence-electron chi connectivity index (χ4n) is 1.33. The number of nitrogens with two attached hydrogens (primary N) is 1. The highest BCUT2D eigenvalue weighted by Crippen LogP contribution is 2.35. The third kappa shape index (κ3) is 1.90. The highest BCUT2D eigenvalue weighted by molar-refractivity contribution is 5.63. The number of phenolic OH excluding ortho intramolecular Hbond substituents is 2. The average molecular weight is 196 g/mol. The summed E-state index contributed by atoms with van der Waals surface area (Å²) in [6.07, 6.45) is 0.708. The van der Waals surface area contributed by atoms with Crippen LogP contribution < -0.4 is 11.1 Å². The van der Waals surface area contributed by atoms with Crippen molar-refractivity contribution in [2.75, 3.05) is 12.4 Å². The standard InChI is InChI=1S/C10H16N2O2/c1-3-8(11)7-4-6(13)5-9(12-2)10(7)14/h4-5,8,12-14H,3,11H2,1-2H3. The number of nitrogens with one attached hydrogen (secondary N) is 1. The van der Waals surface area contributed by atoms with Crippen LogP contribution in [0.4, 0.5) is 5.69 Å². The molecule has 4 heteroatoms. The normalized spacial score (nSPS) is 12.5. The van der Waals surface area contributed by atoms with Crippen molar-refractivity contribution >= 4 is 5.69 Å². The minimum Gasteiger partial charge on any atom is -0.508 e. The molecule has 1 rings (SSSR count). The Bertz CT molecular complexity index is 326. The molecule has 0 spiro atoms. The Morgan fingerprint density at radius 2 is 2.07 bits per heavy atom. The van der Waals surface area contributed by atoms with Gasteiger partial charge in [0.05, 0.1) is 5.69 Å². The van der Waals surface area contributed by atoms with Crippen LogP contribution in [0.3, 0.4) is 0 Å². The summed E-state index contributed by atoms with van der Waals surface area (Å²) in [7, 11) is 1.68. The van der Waals surface area contributed by atoms with E-state index in [0.29, 0.717) is 17.7 Å². The fraction of sp³-hybridized carbons (Fsp3) is 0.400. The van der Waals surface area contributed by atoms with Crippen molar-refractivity contribution in [1.29, 1.82) is 0 Å². The molecule has 1 atom stereocenters. The quantitative estimate of drug-likeness (QED) is 0.437. The van der Waals surface area contributed by atoms with Gasteiger partial charge in [-0.1, -0.05) is 6.92 Å². The largest absolute Gasteiger partial charge is 0.508 e. The molecule has 1 aromatic rings. The van der Waals surface area contributed by atoms with Gasteiger partial charge in [-0.15, -0.1) is 0 Å². The molecule has 1 aromatic carbocycles. The molecule has 0 radical (unpaired) electrons. The minimum absolute atomic E-state index is 0.103. The van der Waals surface area contributed by atoms with Crippen LogP contribution in [0, 0.1) is 0 Å². The molecule has 0 heterocycles. The maximum atomic E-state index is 9.76. The lowest BCUT2D eigenvalue weighted by Crippen LogP contribution is -2.09. The molecule has 78 valence electrons. The van der Waals surface area contributed by atoms with E-state index >= 15 is 0 Å². The van der Waals surface area contributed by atoms with Gasteiger partial charge in [-0.2, -0.15) is 0 Å². The Morgan fingerprint density at radius 1 is 1.43 bits per heavy atom. The second kappa shape index (κ2) is 4.19. The molecular formula is C10H16N2O2. The van der Waals surface area contributed by atoms with Gasteiger partial charge in [0.15, 0.2) is 0 Å². The summed E-state index contributed by atoms with van der Waals surface area (Å²) in [5.74, 6) is 0.214. The third-order valence-electron chi connectivity index (χ3n) is 2.23. The van der Waals surface area contributed by atoms with E-state index in [1.165, 1.54) is 12.1 Å². The van der Waals surface area contributed by atoms with E-state index in [4.69, 9.17) is 5.73 Å². The van der Waals surface area contributed by atoms with Crippen LogP contribution in [0.5, 0.6) is 11.5 Å². The summed E-state index contributed by atoms with van der Waals surface area (Å²) < 4.78 is 0. The number of hydrogen-bond donors (Lipinski definition) is 4. The molecule has 4 nitrogen and oxygen atoms in total. The Kier molecular flexibility index (Phi) is 3.19. The lowest BCUT2D eigenvalue weighted by Gasteiger charge is -2.14. The van der Waals surface area contributed by atoms with E-state index in [1.54, 1.807) is 7.05 Å². The van der Waals surface area contributed by atoms with E-state index in [-0.39, 0.29) is 17.5 Å². The molecule has 5 N–H and O–H groups in total. The summed E-state index contributed by atoms with van der Waals surface area (Å²) in [6, 6.07) is 2.69. The molecule has 0 saturated heterocycles. The van der Waals surface area contributed by atoms with Crippen molar-refractivity contribution in [3.8, 4) is 11.5 Å². The Hall–Kier alpha value is -1.42. The minimum atomic E-state index is -0.255. The number of phenols is 2. The van der Waals surface area contributed by atoms with Gasteiger partial charge in [0.25, 0.3) is 0 Å². The summed E-state index contributed by atoms with van der Waals surface area (Å²) >= 11 is 0. The second-order valence-corrected chi connectivity index (χ2v) is 3.20. The van der Waals surface area contributed by atoms with Crippen LogP contribution in [-0.2, 0) is 0 Å². The molecule has 0 fully saturated rings. The summed E-state index contributed by atoms with van der Waals surface area (Å²) in [6.45, 7) is 1.92. The predicted octanol–water partition coefficient (Wildman–Crippen LogP) is 1.55. The van der Waals surface area contributed by atoms with Crippen LogP contribution >= 0.6 is 0 Å². The van der Waals surface area contributed by atoms with Crippen molar-refractivity contribution in [1.82, 2.24) is 0 Å². The zero-order valence-electron chi connectivity index (χ0n) is 8.41. The van der Waals surface area contributed by atoms with Crippen LogP contribution in [0.2, 0.25) is 0 Å². The molecule has 0 amide bonds. The highest BCUT2D eigenvalue weighted by Gasteiger charge is 2.13. The Morgan fingerprint density at radius 3 is 2.57 bits per heavy atom. The summed E-state index contributed by atoms with van der Waals surface area (Å²) in [5, 5.41) is 21.9. The van der Waals surface area contributed by atoms with Crippen LogP contribution in [0.25, 0.3) is 0 Å². The highest BCUT2D eigenvalue weighted by atomic mass is 16.3. The monoisotopic (exact) mass is 196 g/mol. The van der Waals surface area contributed by atoms with E-state index in [0.717, 1.165) is 0 Å². The molecule has 0 aliphatic carbocycles. The van der Waals surface area contributed by atoms with Gasteiger partial charge in [-0.25, -0.2) is 0 Å². The molecule has 0 aliphatic rings. The number of aromatic hydroxyl groups is 2. The van der Waals surface area contributed by atoms with E-state index < -0.39 is 0 Å². The van der Waals surface area contributed by atoms with Gasteiger partial charge in [0.2, 0.25) is 0 Å². The molecule has 0 aromatic heterocycles. The van der Waals surface area contributed by atoms with Gasteiger partial charge >= 0.3 is 0 Å². The van der Waals surface area contributed by atoms with Crippen molar-refractivity contribution < 1.29 is 10.2 Å². The van der Waals surface area contributed by atoms with Gasteiger partial charge in [0, 0.05) is 24.7 Å². The van der Waals surface area contributed by atoms with Crippen LogP contribution in [-0.4, -0.2) is 17.3 Å². The maximum Gasteiger partial charge on any atom is 0.143 e. The first-order chi connectivity index (χ1) is 6.60. The first-order valence-corrected chi connectivity index (χ1v) is 4.59. The van der Waals surface area contributed by atoms with Crippen molar-refractivity contribution in [2.45, 2.75) is 19.4 Å². The third-order valence-corrected chi connectivity index (χ3v) is 2.23. The van der Waals surface area contributed by atoms with Crippen molar-refractivity contribution in [3.63, 3.8) is 0 Å². The topological polar surface area (TPSA) is 78.5 Å². The first-order valence-electron chi connectivity index (χ1n) is 4.59. The molecule has 0 saturated carbocycles. The van der Waals surface area contributed by atoms with Gasteiger partial charge < -0.3 is 21.3 Å². The zero-order valence-corrected chi connectivity index (χ0v) is 8.41. The SMILES string of the molecule is CCC(N)c1cc(O)cc(NC)c1O. The van der Waals surface area contributed by atoms with Gasteiger partial charge in [-0.05, 0) is 12.5 Å². The van der Waals surface area contributed by atoms with Gasteiger partial charge in [0.1, 0.15) is 11.5 Å². The molecular weight excluding hydrogens is 180 g/mol. The first kappa shape index (κ1) is 10.7. The number of anilines is 1. The average Bonchev–Trinajstić information content (AvgIpc) is 2.19. The number of rotatable bonds is 3. The van der Waals surface area contributed by atoms with Crippen molar-refractivity contribution in [2.24, 2.45) is 5.73 Å². The Labute approximate surface area is 83.4 Å². The van der Waals surface area contributed by atoms with Crippen molar-refractivity contribution in [3.05, 3.63) is 17.7 Å². The maximum absolute atomic E-state index is 9.76. The molecule has 1 unspecified atom stereocenters. The van der Waals surface area contributed by atoms with Gasteiger partial charge in [-0.3, -0.25) is 0 Å². The summed E-state index contributed by atoms with van der Waals surface area (Å²) in [4.78, 5) is 0.